The van der Waals surface area contributed by atoms with Crippen LogP contribution in [-0.2, 0) is 4.79 Å². The number of anilines is 1. The number of hydrogen-bond acceptors (Lipinski definition) is 4. The molecule has 0 bridgehead atoms. The quantitative estimate of drug-likeness (QED) is 0.658. The molecule has 1 aromatic heterocycles. The van der Waals surface area contributed by atoms with E-state index in [-0.39, 0.29) is 12.5 Å². The fourth-order valence-electron chi connectivity index (χ4n) is 2.20. The lowest BCUT2D eigenvalue weighted by molar-refractivity contribution is -0.119. The molecular weight excluding hydrogens is 282 g/mol. The third-order valence-electron chi connectivity index (χ3n) is 3.03. The zero-order chi connectivity index (χ0) is 15.2. The van der Waals surface area contributed by atoms with Gasteiger partial charge in [0.1, 0.15) is 0 Å². The molecule has 0 aliphatic rings. The van der Waals surface area contributed by atoms with Gasteiger partial charge in [-0.3, -0.25) is 4.79 Å². The summed E-state index contributed by atoms with van der Waals surface area (Å²) in [5.41, 5.74) is 7.03. The van der Waals surface area contributed by atoms with Crippen LogP contribution in [-0.4, -0.2) is 18.7 Å². The third-order valence-corrected chi connectivity index (χ3v) is 3.83. The standard InChI is InChI=1S/C16H19N3OS/c1-11-7-12(2)16(13(3)8-11)17-10-15(20)19-18-9-14-5-4-6-21-14/h4-9,17H,10H2,1-3H3,(H,19,20)/b18-9-. The van der Waals surface area contributed by atoms with Crippen LogP contribution in [0.25, 0.3) is 0 Å². The summed E-state index contributed by atoms with van der Waals surface area (Å²) in [5, 5.41) is 9.07. The molecule has 110 valence electrons. The molecule has 2 rings (SSSR count). The van der Waals surface area contributed by atoms with E-state index in [9.17, 15) is 4.79 Å². The number of aryl methyl sites for hydroxylation is 3. The molecule has 2 N–H and O–H groups in total. The molecule has 0 aliphatic heterocycles. The topological polar surface area (TPSA) is 53.5 Å². The fourth-order valence-corrected chi connectivity index (χ4v) is 2.78. The van der Waals surface area contributed by atoms with Crippen LogP contribution in [0.4, 0.5) is 5.69 Å². The van der Waals surface area contributed by atoms with Crippen LogP contribution < -0.4 is 10.7 Å². The van der Waals surface area contributed by atoms with Gasteiger partial charge >= 0.3 is 0 Å². The average molecular weight is 301 g/mol. The Morgan fingerprint density at radius 3 is 2.62 bits per heavy atom. The van der Waals surface area contributed by atoms with E-state index in [1.54, 1.807) is 17.6 Å². The number of thiophene rings is 1. The lowest BCUT2D eigenvalue weighted by atomic mass is 10.1. The minimum atomic E-state index is -0.165. The van der Waals surface area contributed by atoms with Gasteiger partial charge in [-0.2, -0.15) is 5.10 Å². The number of hydrazone groups is 1. The summed E-state index contributed by atoms with van der Waals surface area (Å²) in [6.45, 7) is 6.34. The number of hydrogen-bond donors (Lipinski definition) is 2. The van der Waals surface area contributed by atoms with Gasteiger partial charge in [0.25, 0.3) is 5.91 Å². The monoisotopic (exact) mass is 301 g/mol. The van der Waals surface area contributed by atoms with Gasteiger partial charge in [-0.1, -0.05) is 23.8 Å². The predicted octanol–water partition coefficient (Wildman–Crippen LogP) is 3.24. The molecule has 1 amide bonds. The van der Waals surface area contributed by atoms with Gasteiger partial charge < -0.3 is 5.32 Å². The molecule has 0 spiro atoms. The number of carbonyl (C=O) groups is 1. The van der Waals surface area contributed by atoms with Crippen LogP contribution in [0.1, 0.15) is 21.6 Å². The van der Waals surface area contributed by atoms with E-state index in [2.05, 4.69) is 34.9 Å². The summed E-state index contributed by atoms with van der Waals surface area (Å²) in [6, 6.07) is 8.08. The first kappa shape index (κ1) is 15.3. The highest BCUT2D eigenvalue weighted by molar-refractivity contribution is 7.11. The van der Waals surface area contributed by atoms with Crippen molar-refractivity contribution in [1.82, 2.24) is 5.43 Å². The van der Waals surface area contributed by atoms with Crippen molar-refractivity contribution in [3.63, 3.8) is 0 Å². The van der Waals surface area contributed by atoms with Gasteiger partial charge in [0.05, 0.1) is 12.8 Å². The molecule has 0 atom stereocenters. The van der Waals surface area contributed by atoms with E-state index in [0.717, 1.165) is 21.7 Å². The Labute approximate surface area is 128 Å². The van der Waals surface area contributed by atoms with Crippen molar-refractivity contribution in [3.8, 4) is 0 Å². The largest absolute Gasteiger partial charge is 0.376 e. The van der Waals surface area contributed by atoms with Gasteiger partial charge in [-0.25, -0.2) is 5.43 Å². The fraction of sp³-hybridized carbons (Fsp3) is 0.250. The lowest BCUT2D eigenvalue weighted by Crippen LogP contribution is -2.26. The van der Waals surface area contributed by atoms with Gasteiger partial charge in [0.15, 0.2) is 0 Å². The van der Waals surface area contributed by atoms with Crippen LogP contribution in [0.2, 0.25) is 0 Å². The van der Waals surface area contributed by atoms with Crippen LogP contribution in [0.15, 0.2) is 34.7 Å². The normalized spacial score (nSPS) is 10.8. The minimum Gasteiger partial charge on any atom is -0.376 e. The Hall–Kier alpha value is -2.14. The highest BCUT2D eigenvalue weighted by atomic mass is 32.1. The molecule has 5 heteroatoms. The Bertz CT molecular complexity index is 625. The highest BCUT2D eigenvalue weighted by Gasteiger charge is 2.05. The molecule has 0 saturated carbocycles. The SMILES string of the molecule is Cc1cc(C)c(NCC(=O)N/N=C\c2cccs2)c(C)c1. The first-order chi connectivity index (χ1) is 10.1. The second-order valence-electron chi connectivity index (χ2n) is 4.94. The lowest BCUT2D eigenvalue weighted by Gasteiger charge is -2.13. The number of nitrogens with one attached hydrogen (secondary N) is 2. The third kappa shape index (κ3) is 4.43. The molecule has 0 radical (unpaired) electrons. The molecule has 1 aromatic carbocycles. The minimum absolute atomic E-state index is 0.165. The maximum absolute atomic E-state index is 11.8. The van der Waals surface area contributed by atoms with Crippen molar-refractivity contribution in [2.24, 2.45) is 5.10 Å². The first-order valence-electron chi connectivity index (χ1n) is 6.73. The van der Waals surface area contributed by atoms with E-state index in [4.69, 9.17) is 0 Å². The summed E-state index contributed by atoms with van der Waals surface area (Å²) in [5.74, 6) is -0.165. The van der Waals surface area contributed by atoms with Crippen LogP contribution in [0, 0.1) is 20.8 Å². The average Bonchev–Trinajstić information content (AvgIpc) is 2.90. The van der Waals surface area contributed by atoms with Crippen LogP contribution >= 0.6 is 11.3 Å². The van der Waals surface area contributed by atoms with Crippen molar-refractivity contribution < 1.29 is 4.79 Å². The molecule has 21 heavy (non-hydrogen) atoms. The van der Waals surface area contributed by atoms with Gasteiger partial charge in [0, 0.05) is 10.6 Å². The maximum atomic E-state index is 11.8. The van der Waals surface area contributed by atoms with Crippen molar-refractivity contribution in [3.05, 3.63) is 51.2 Å². The molecular formula is C16H19N3OS. The summed E-state index contributed by atoms with van der Waals surface area (Å²) in [7, 11) is 0. The van der Waals surface area contributed by atoms with E-state index >= 15 is 0 Å². The van der Waals surface area contributed by atoms with Crippen molar-refractivity contribution in [1.29, 1.82) is 0 Å². The summed E-state index contributed by atoms with van der Waals surface area (Å²) in [6.07, 6.45) is 1.64. The van der Waals surface area contributed by atoms with Gasteiger partial charge in [-0.05, 0) is 43.3 Å². The molecule has 4 nitrogen and oxygen atoms in total. The van der Waals surface area contributed by atoms with Crippen LogP contribution in [0.5, 0.6) is 0 Å². The predicted molar refractivity (Wildman–Crippen MR) is 89.2 cm³/mol. The molecule has 2 aromatic rings. The number of carbonyl (C=O) groups excluding carboxylic acids is 1. The summed E-state index contributed by atoms with van der Waals surface area (Å²) < 4.78 is 0. The van der Waals surface area contributed by atoms with E-state index in [1.165, 1.54) is 5.56 Å². The second-order valence-corrected chi connectivity index (χ2v) is 5.92. The molecule has 0 fully saturated rings. The van der Waals surface area contributed by atoms with Crippen molar-refractivity contribution >= 4 is 29.1 Å². The van der Waals surface area contributed by atoms with E-state index in [1.807, 2.05) is 31.4 Å². The number of amides is 1. The summed E-state index contributed by atoms with van der Waals surface area (Å²) >= 11 is 1.57. The van der Waals surface area contributed by atoms with Crippen molar-refractivity contribution in [2.45, 2.75) is 20.8 Å². The van der Waals surface area contributed by atoms with Crippen LogP contribution in [0.3, 0.4) is 0 Å². The smallest absolute Gasteiger partial charge is 0.259 e. The molecule has 0 unspecified atom stereocenters. The van der Waals surface area contributed by atoms with Gasteiger partial charge in [0.2, 0.25) is 0 Å². The Balaban J connectivity index is 1.87. The Kier molecular flexibility index (Phi) is 5.11. The maximum Gasteiger partial charge on any atom is 0.259 e. The summed E-state index contributed by atoms with van der Waals surface area (Å²) in [4.78, 5) is 12.8. The first-order valence-corrected chi connectivity index (χ1v) is 7.61. The Morgan fingerprint density at radius 2 is 2.00 bits per heavy atom. The van der Waals surface area contributed by atoms with E-state index in [0.29, 0.717) is 0 Å². The van der Waals surface area contributed by atoms with Crippen molar-refractivity contribution in [2.75, 3.05) is 11.9 Å². The zero-order valence-corrected chi connectivity index (χ0v) is 13.3. The molecule has 1 heterocycles. The second kappa shape index (κ2) is 7.04. The highest BCUT2D eigenvalue weighted by Crippen LogP contribution is 2.21. The molecule has 0 aliphatic carbocycles. The van der Waals surface area contributed by atoms with E-state index < -0.39 is 0 Å². The number of nitrogens with zero attached hydrogens (tertiary/aromatic N) is 1. The zero-order valence-electron chi connectivity index (χ0n) is 12.4. The Morgan fingerprint density at radius 1 is 1.29 bits per heavy atom. The number of rotatable bonds is 5. The number of benzene rings is 1. The van der Waals surface area contributed by atoms with Gasteiger partial charge in [-0.15, -0.1) is 11.3 Å². The molecule has 0 saturated heterocycles.